The molecule has 0 saturated heterocycles. The van der Waals surface area contributed by atoms with Gasteiger partial charge in [0.05, 0.1) is 27.7 Å². The summed E-state index contributed by atoms with van der Waals surface area (Å²) in [5, 5.41) is 0. The van der Waals surface area contributed by atoms with E-state index in [9.17, 15) is 19.0 Å². The molecule has 0 rings (SSSR count). The number of allylic oxidation sites excluding steroid dienone is 24. The maximum atomic E-state index is 12.8. The maximum Gasteiger partial charge on any atom is 0.472 e. The molecule has 0 heterocycles. The van der Waals surface area contributed by atoms with Crippen LogP contribution in [-0.4, -0.2) is 74.9 Å². The summed E-state index contributed by atoms with van der Waals surface area (Å²) >= 11 is 0. The second-order valence-corrected chi connectivity index (χ2v) is 20.3. The van der Waals surface area contributed by atoms with E-state index in [1.807, 2.05) is 21.1 Å². The van der Waals surface area contributed by atoms with Crippen molar-refractivity contribution in [1.29, 1.82) is 0 Å². The zero-order valence-electron chi connectivity index (χ0n) is 45.8. The summed E-state index contributed by atoms with van der Waals surface area (Å²) < 4.78 is 34.5. The number of nitrogens with zero attached hydrogens (tertiary/aromatic N) is 1. The Balaban J connectivity index is 4.37. The zero-order chi connectivity index (χ0) is 52.7. The number of esters is 2. The Kier molecular flexibility index (Phi) is 48.8. The van der Waals surface area contributed by atoms with Crippen LogP contribution in [0.5, 0.6) is 0 Å². The molecule has 0 saturated carbocycles. The summed E-state index contributed by atoms with van der Waals surface area (Å²) in [5.41, 5.74) is 0. The lowest BCUT2D eigenvalue weighted by Gasteiger charge is -2.24. The normalized spacial score (nSPS) is 14.5. The first kappa shape index (κ1) is 67.9. The van der Waals surface area contributed by atoms with Crippen LogP contribution in [0.3, 0.4) is 0 Å². The van der Waals surface area contributed by atoms with Gasteiger partial charge < -0.3 is 18.9 Å². The minimum Gasteiger partial charge on any atom is -0.462 e. The molecule has 9 nitrogen and oxygen atoms in total. The predicted octanol–water partition coefficient (Wildman–Crippen LogP) is 17.1. The van der Waals surface area contributed by atoms with Gasteiger partial charge in [-0.25, -0.2) is 4.57 Å². The van der Waals surface area contributed by atoms with Crippen LogP contribution in [0.15, 0.2) is 146 Å². The number of phosphoric acid groups is 1. The Morgan fingerprint density at radius 3 is 1.14 bits per heavy atom. The van der Waals surface area contributed by atoms with Crippen molar-refractivity contribution in [3.05, 3.63) is 146 Å². The standard InChI is InChI=1S/C62H100NO8P/c1-6-8-10-12-14-16-18-20-22-24-26-28-29-30-31-32-33-35-37-39-41-43-45-47-49-51-53-55-62(65)71-60(59-70-72(66,67)69-57-56-63(3,4)5)58-68-61(64)54-52-50-48-46-44-42-40-38-36-34-27-25-23-21-19-17-15-13-11-9-7-2/h8-11,14-17,20-23,26-28,30-31,33-35,39,41,45,47,60H,6-7,12-13,18-19,24-25,29,32,36-38,40,42-44,46,48-59H2,1-5H3/p+1/b10-8-,11-9-,16-14-,17-15-,22-20-,23-21-,28-26-,31-30-,34-27-,35-33-,41-39-,47-45-. The summed E-state index contributed by atoms with van der Waals surface area (Å²) in [6.45, 7) is 4.11. The van der Waals surface area contributed by atoms with Crippen LogP contribution >= 0.6 is 7.82 Å². The first-order valence-electron chi connectivity index (χ1n) is 27.6. The summed E-state index contributed by atoms with van der Waals surface area (Å²) in [4.78, 5) is 35.6. The van der Waals surface area contributed by atoms with Crippen molar-refractivity contribution < 1.29 is 42.1 Å². The molecule has 0 aliphatic heterocycles. The Morgan fingerprint density at radius 2 is 0.750 bits per heavy atom. The van der Waals surface area contributed by atoms with Gasteiger partial charge in [0.2, 0.25) is 0 Å². The van der Waals surface area contributed by atoms with Crippen LogP contribution in [0.2, 0.25) is 0 Å². The highest BCUT2D eigenvalue weighted by Gasteiger charge is 2.27. The largest absolute Gasteiger partial charge is 0.472 e. The third-order valence-electron chi connectivity index (χ3n) is 10.9. The number of phosphoric ester groups is 1. The second-order valence-electron chi connectivity index (χ2n) is 18.8. The van der Waals surface area contributed by atoms with Gasteiger partial charge in [-0.1, -0.05) is 198 Å². The van der Waals surface area contributed by atoms with E-state index in [-0.39, 0.29) is 26.1 Å². The SMILES string of the molecule is CC/C=C\C/C=C\C/C=C\C/C=C\C/C=C\C/C=C\C/C=C\C/C=C\CCCCC(=O)OC(COC(=O)CCCCCCCCCC/C=C\C/C=C\C/C=C\C/C=C\CC)COP(=O)(O)OCC[N+](C)(C)C. The molecule has 0 amide bonds. The van der Waals surface area contributed by atoms with Gasteiger partial charge >= 0.3 is 19.8 Å². The average Bonchev–Trinajstić information content (AvgIpc) is 3.34. The van der Waals surface area contributed by atoms with Gasteiger partial charge in [0.15, 0.2) is 6.10 Å². The lowest BCUT2D eigenvalue weighted by Crippen LogP contribution is -2.37. The first-order valence-corrected chi connectivity index (χ1v) is 29.1. The van der Waals surface area contributed by atoms with Crippen LogP contribution < -0.4 is 0 Å². The monoisotopic (exact) mass is 1020 g/mol. The number of unbranched alkanes of at least 4 members (excludes halogenated alkanes) is 10. The van der Waals surface area contributed by atoms with Crippen molar-refractivity contribution in [2.45, 2.75) is 187 Å². The fourth-order valence-electron chi connectivity index (χ4n) is 6.67. The van der Waals surface area contributed by atoms with Crippen LogP contribution in [0.1, 0.15) is 181 Å². The summed E-state index contributed by atoms with van der Waals surface area (Å²) in [7, 11) is 1.42. The Hall–Kier alpha value is -4.11. The number of ether oxygens (including phenoxy) is 2. The van der Waals surface area contributed by atoms with E-state index in [0.717, 1.165) is 116 Å². The number of quaternary nitrogens is 1. The molecule has 0 aliphatic carbocycles. The fraction of sp³-hybridized carbons (Fsp3) is 0.581. The molecule has 0 fully saturated rings. The highest BCUT2D eigenvalue weighted by molar-refractivity contribution is 7.47. The minimum absolute atomic E-state index is 0.0124. The van der Waals surface area contributed by atoms with E-state index in [4.69, 9.17) is 18.5 Å². The topological polar surface area (TPSA) is 108 Å². The van der Waals surface area contributed by atoms with E-state index in [0.29, 0.717) is 23.9 Å². The number of carbonyl (C=O) groups excluding carboxylic acids is 2. The zero-order valence-corrected chi connectivity index (χ0v) is 46.7. The Morgan fingerprint density at radius 1 is 0.431 bits per heavy atom. The molecule has 0 aromatic carbocycles. The van der Waals surface area contributed by atoms with Crippen LogP contribution in [0.4, 0.5) is 0 Å². The third kappa shape index (κ3) is 55.2. The van der Waals surface area contributed by atoms with Crippen molar-refractivity contribution >= 4 is 19.8 Å². The maximum absolute atomic E-state index is 12.8. The molecule has 1 N–H and O–H groups in total. The quantitative estimate of drug-likeness (QED) is 0.0211. The van der Waals surface area contributed by atoms with Crippen LogP contribution in [0, 0.1) is 0 Å². The van der Waals surface area contributed by atoms with Gasteiger partial charge in [0, 0.05) is 12.8 Å². The molecular formula is C62H101NO8P+. The van der Waals surface area contributed by atoms with Gasteiger partial charge in [-0.15, -0.1) is 0 Å². The van der Waals surface area contributed by atoms with Crippen molar-refractivity contribution in [2.24, 2.45) is 0 Å². The molecule has 0 aromatic rings. The third-order valence-corrected chi connectivity index (χ3v) is 11.8. The van der Waals surface area contributed by atoms with Gasteiger partial charge in [-0.3, -0.25) is 18.6 Å². The number of hydrogen-bond donors (Lipinski definition) is 1. The average molecular weight is 1020 g/mol. The molecule has 10 heteroatoms. The molecular weight excluding hydrogens is 918 g/mol. The molecule has 2 atom stereocenters. The minimum atomic E-state index is -4.41. The van der Waals surface area contributed by atoms with Gasteiger partial charge in [-0.2, -0.15) is 0 Å². The number of carbonyl (C=O) groups is 2. The Bertz CT molecular complexity index is 1720. The number of hydrogen-bond acceptors (Lipinski definition) is 7. The van der Waals surface area contributed by atoms with Gasteiger partial charge in [-0.05, 0) is 116 Å². The van der Waals surface area contributed by atoms with E-state index < -0.39 is 32.5 Å². The number of rotatable bonds is 48. The van der Waals surface area contributed by atoms with Crippen LogP contribution in [0.25, 0.3) is 0 Å². The van der Waals surface area contributed by atoms with Crippen molar-refractivity contribution in [1.82, 2.24) is 0 Å². The van der Waals surface area contributed by atoms with Crippen molar-refractivity contribution in [3.63, 3.8) is 0 Å². The van der Waals surface area contributed by atoms with Crippen LogP contribution in [-0.2, 0) is 32.7 Å². The van der Waals surface area contributed by atoms with E-state index in [2.05, 4.69) is 160 Å². The van der Waals surface area contributed by atoms with E-state index in [1.165, 1.54) is 25.7 Å². The van der Waals surface area contributed by atoms with Crippen molar-refractivity contribution in [3.8, 4) is 0 Å². The lowest BCUT2D eigenvalue weighted by molar-refractivity contribution is -0.870. The van der Waals surface area contributed by atoms with E-state index >= 15 is 0 Å². The molecule has 2 unspecified atom stereocenters. The number of likely N-dealkylation sites (N-methyl/N-ethyl adjacent to an activating group) is 1. The van der Waals surface area contributed by atoms with E-state index in [1.54, 1.807) is 0 Å². The highest BCUT2D eigenvalue weighted by atomic mass is 31.2. The van der Waals surface area contributed by atoms with Crippen molar-refractivity contribution in [2.75, 3.05) is 47.5 Å². The molecule has 406 valence electrons. The fourth-order valence-corrected chi connectivity index (χ4v) is 7.41. The molecule has 0 aliphatic rings. The predicted molar refractivity (Wildman–Crippen MR) is 307 cm³/mol. The Labute approximate surface area is 440 Å². The summed E-state index contributed by atoms with van der Waals surface area (Å²) in [6, 6.07) is 0. The summed E-state index contributed by atoms with van der Waals surface area (Å²) in [5.74, 6) is -0.872. The molecule has 72 heavy (non-hydrogen) atoms. The van der Waals surface area contributed by atoms with Gasteiger partial charge in [0.25, 0.3) is 0 Å². The smallest absolute Gasteiger partial charge is 0.462 e. The summed E-state index contributed by atoms with van der Waals surface area (Å²) in [6.07, 6.45) is 76.2. The molecule has 0 bridgehead atoms. The lowest BCUT2D eigenvalue weighted by atomic mass is 10.1. The molecule has 0 radical (unpaired) electrons. The molecule has 0 spiro atoms. The highest BCUT2D eigenvalue weighted by Crippen LogP contribution is 2.43. The van der Waals surface area contributed by atoms with Gasteiger partial charge in [0.1, 0.15) is 19.8 Å². The molecule has 0 aromatic heterocycles. The first-order chi connectivity index (χ1) is 35.0. The second kappa shape index (κ2) is 51.8.